The fourth-order valence-corrected chi connectivity index (χ4v) is 4.31. The zero-order valence-corrected chi connectivity index (χ0v) is 16.9. The number of amides is 1. The van der Waals surface area contributed by atoms with Crippen LogP contribution in [0.2, 0.25) is 0 Å². The summed E-state index contributed by atoms with van der Waals surface area (Å²) in [4.78, 5) is 31.6. The summed E-state index contributed by atoms with van der Waals surface area (Å²) in [5.74, 6) is 0.355. The number of rotatable bonds is 6. The Labute approximate surface area is 172 Å². The third-order valence-corrected chi connectivity index (χ3v) is 5.86. The van der Waals surface area contributed by atoms with Crippen molar-refractivity contribution in [1.82, 2.24) is 14.9 Å². The summed E-state index contributed by atoms with van der Waals surface area (Å²) in [5.41, 5.74) is 2.04. The maximum absolute atomic E-state index is 13.0. The number of hydrogen-bond donors (Lipinski definition) is 1. The monoisotopic (exact) mass is 403 g/mol. The Morgan fingerprint density at radius 1 is 1.07 bits per heavy atom. The molecule has 0 spiro atoms. The lowest BCUT2D eigenvalue weighted by molar-refractivity contribution is -0.121. The minimum atomic E-state index is -0.189. The molecule has 2 aromatic carbocycles. The van der Waals surface area contributed by atoms with Crippen molar-refractivity contribution in [2.75, 3.05) is 6.54 Å². The molecule has 4 rings (SSSR count). The number of nitrogens with one attached hydrogen (secondary N) is 1. The number of aryl methyl sites for hydroxylation is 1. The molecule has 29 heavy (non-hydrogen) atoms. The number of aromatic nitrogens is 2. The Bertz CT molecular complexity index is 1200. The highest BCUT2D eigenvalue weighted by Crippen LogP contribution is 2.30. The molecule has 0 aliphatic heterocycles. The zero-order chi connectivity index (χ0) is 20.2. The molecule has 0 atom stereocenters. The minimum absolute atomic E-state index is 0.0289. The van der Waals surface area contributed by atoms with E-state index in [0.717, 1.165) is 22.4 Å². The standard InChI is InChI=1S/C23H21N3O2S/c1-16-25-22-19(14-20(29-22)18-10-6-3-7-11-18)23(28)26(16)15-21(27)24-13-12-17-8-4-2-5-9-17/h2-11,14H,12-13,15H2,1H3,(H,24,27). The summed E-state index contributed by atoms with van der Waals surface area (Å²) in [7, 11) is 0. The first kappa shape index (κ1) is 19.1. The molecular weight excluding hydrogens is 382 g/mol. The van der Waals surface area contributed by atoms with Crippen molar-refractivity contribution < 1.29 is 4.79 Å². The highest BCUT2D eigenvalue weighted by molar-refractivity contribution is 7.21. The van der Waals surface area contributed by atoms with Crippen LogP contribution in [0.25, 0.3) is 20.7 Å². The maximum atomic E-state index is 13.0. The summed E-state index contributed by atoms with van der Waals surface area (Å²) in [6, 6.07) is 21.8. The molecule has 0 aliphatic rings. The van der Waals surface area contributed by atoms with Gasteiger partial charge in [0.05, 0.1) is 5.39 Å². The number of carbonyl (C=O) groups is 1. The molecule has 4 aromatic rings. The number of thiophene rings is 1. The average molecular weight is 404 g/mol. The van der Waals surface area contributed by atoms with E-state index >= 15 is 0 Å². The van der Waals surface area contributed by atoms with Gasteiger partial charge in [0, 0.05) is 11.4 Å². The second-order valence-electron chi connectivity index (χ2n) is 6.83. The molecule has 1 N–H and O–H groups in total. The van der Waals surface area contributed by atoms with Crippen LogP contribution in [-0.4, -0.2) is 22.0 Å². The van der Waals surface area contributed by atoms with Gasteiger partial charge in [-0.2, -0.15) is 0 Å². The molecule has 6 heteroatoms. The van der Waals surface area contributed by atoms with Crippen LogP contribution in [0.5, 0.6) is 0 Å². The lowest BCUT2D eigenvalue weighted by atomic mass is 10.1. The van der Waals surface area contributed by atoms with Crippen LogP contribution in [0.3, 0.4) is 0 Å². The van der Waals surface area contributed by atoms with Crippen LogP contribution in [0.1, 0.15) is 11.4 Å². The molecular formula is C23H21N3O2S. The highest BCUT2D eigenvalue weighted by Gasteiger charge is 2.14. The molecule has 2 heterocycles. The van der Waals surface area contributed by atoms with Crippen molar-refractivity contribution in [3.05, 3.63) is 88.5 Å². The summed E-state index contributed by atoms with van der Waals surface area (Å²) in [6.45, 7) is 2.27. The van der Waals surface area contributed by atoms with Gasteiger partial charge < -0.3 is 5.32 Å². The van der Waals surface area contributed by atoms with E-state index in [-0.39, 0.29) is 18.0 Å². The number of carbonyl (C=O) groups excluding carboxylic acids is 1. The fraction of sp³-hybridized carbons (Fsp3) is 0.174. The van der Waals surface area contributed by atoms with Gasteiger partial charge in [-0.05, 0) is 30.5 Å². The van der Waals surface area contributed by atoms with Gasteiger partial charge in [-0.15, -0.1) is 11.3 Å². The molecule has 0 saturated carbocycles. The molecule has 0 fully saturated rings. The molecule has 0 unspecified atom stereocenters. The van der Waals surface area contributed by atoms with Gasteiger partial charge in [0.15, 0.2) is 0 Å². The minimum Gasteiger partial charge on any atom is -0.354 e. The number of benzene rings is 2. The van der Waals surface area contributed by atoms with E-state index in [1.807, 2.05) is 66.7 Å². The molecule has 0 saturated heterocycles. The smallest absolute Gasteiger partial charge is 0.262 e. The molecule has 0 bridgehead atoms. The van der Waals surface area contributed by atoms with Gasteiger partial charge in [-0.1, -0.05) is 60.7 Å². The number of fused-ring (bicyclic) bond motifs is 1. The van der Waals surface area contributed by atoms with Gasteiger partial charge in [-0.3, -0.25) is 14.2 Å². The van der Waals surface area contributed by atoms with Crippen LogP contribution >= 0.6 is 11.3 Å². The van der Waals surface area contributed by atoms with Crippen molar-refractivity contribution >= 4 is 27.5 Å². The predicted molar refractivity (Wildman–Crippen MR) is 117 cm³/mol. The van der Waals surface area contributed by atoms with Gasteiger partial charge in [-0.25, -0.2) is 4.98 Å². The largest absolute Gasteiger partial charge is 0.354 e. The van der Waals surface area contributed by atoms with Crippen LogP contribution < -0.4 is 10.9 Å². The van der Waals surface area contributed by atoms with Gasteiger partial charge in [0.1, 0.15) is 17.2 Å². The second kappa shape index (κ2) is 8.41. The Balaban J connectivity index is 1.51. The number of nitrogens with zero attached hydrogens (tertiary/aromatic N) is 2. The summed E-state index contributed by atoms with van der Waals surface area (Å²) in [6.07, 6.45) is 0.753. The first-order valence-corrected chi connectivity index (χ1v) is 10.3. The van der Waals surface area contributed by atoms with Crippen LogP contribution in [-0.2, 0) is 17.8 Å². The zero-order valence-electron chi connectivity index (χ0n) is 16.1. The molecule has 2 aromatic heterocycles. The SMILES string of the molecule is Cc1nc2sc(-c3ccccc3)cc2c(=O)n1CC(=O)NCCc1ccccc1. The van der Waals surface area contributed by atoms with Crippen LogP contribution in [0.15, 0.2) is 71.5 Å². The van der Waals surface area contributed by atoms with E-state index < -0.39 is 0 Å². The topological polar surface area (TPSA) is 64.0 Å². The van der Waals surface area contributed by atoms with E-state index in [4.69, 9.17) is 0 Å². The second-order valence-corrected chi connectivity index (χ2v) is 7.86. The number of hydrogen-bond acceptors (Lipinski definition) is 4. The van der Waals surface area contributed by atoms with Crippen molar-refractivity contribution in [3.8, 4) is 10.4 Å². The summed E-state index contributed by atoms with van der Waals surface area (Å²) in [5, 5.41) is 3.44. The van der Waals surface area contributed by atoms with E-state index in [2.05, 4.69) is 10.3 Å². The third-order valence-electron chi connectivity index (χ3n) is 4.78. The Kier molecular flexibility index (Phi) is 5.53. The van der Waals surface area contributed by atoms with Gasteiger partial charge >= 0.3 is 0 Å². The van der Waals surface area contributed by atoms with E-state index in [9.17, 15) is 9.59 Å². The van der Waals surface area contributed by atoms with Crippen LogP contribution in [0, 0.1) is 6.92 Å². The highest BCUT2D eigenvalue weighted by atomic mass is 32.1. The molecule has 146 valence electrons. The third kappa shape index (κ3) is 4.27. The molecule has 1 amide bonds. The summed E-state index contributed by atoms with van der Waals surface area (Å²) < 4.78 is 1.45. The maximum Gasteiger partial charge on any atom is 0.262 e. The van der Waals surface area contributed by atoms with Crippen molar-refractivity contribution in [2.24, 2.45) is 0 Å². The van der Waals surface area contributed by atoms with E-state index in [0.29, 0.717) is 22.6 Å². The van der Waals surface area contributed by atoms with Crippen molar-refractivity contribution in [3.63, 3.8) is 0 Å². The fourth-order valence-electron chi connectivity index (χ4n) is 3.24. The normalized spacial score (nSPS) is 10.9. The average Bonchev–Trinajstić information content (AvgIpc) is 3.17. The molecule has 5 nitrogen and oxygen atoms in total. The Hall–Kier alpha value is -3.25. The van der Waals surface area contributed by atoms with Crippen molar-refractivity contribution in [2.45, 2.75) is 19.9 Å². The lowest BCUT2D eigenvalue weighted by Crippen LogP contribution is -2.34. The van der Waals surface area contributed by atoms with Gasteiger partial charge in [0.25, 0.3) is 5.56 Å². The van der Waals surface area contributed by atoms with E-state index in [1.165, 1.54) is 15.9 Å². The molecule has 0 aliphatic carbocycles. The Morgan fingerprint density at radius 2 is 1.76 bits per heavy atom. The summed E-state index contributed by atoms with van der Waals surface area (Å²) >= 11 is 1.49. The quantitative estimate of drug-likeness (QED) is 0.533. The molecule has 0 radical (unpaired) electrons. The van der Waals surface area contributed by atoms with Gasteiger partial charge in [0.2, 0.25) is 5.91 Å². The predicted octanol–water partition coefficient (Wildman–Crippen LogP) is 3.79. The Morgan fingerprint density at radius 3 is 2.48 bits per heavy atom. The lowest BCUT2D eigenvalue weighted by Gasteiger charge is -2.10. The van der Waals surface area contributed by atoms with E-state index in [1.54, 1.807) is 6.92 Å². The van der Waals surface area contributed by atoms with Crippen molar-refractivity contribution in [1.29, 1.82) is 0 Å². The van der Waals surface area contributed by atoms with Crippen LogP contribution in [0.4, 0.5) is 0 Å². The first-order valence-electron chi connectivity index (χ1n) is 9.49. The first-order chi connectivity index (χ1) is 14.1.